The number of hydrogen-bond acceptors (Lipinski definition) is 2. The zero-order valence-corrected chi connectivity index (χ0v) is 11.4. The molecule has 1 heterocycles. The van der Waals surface area contributed by atoms with Gasteiger partial charge in [0.15, 0.2) is 5.69 Å². The number of alkyl halides is 2. The van der Waals surface area contributed by atoms with E-state index in [9.17, 15) is 13.6 Å². The van der Waals surface area contributed by atoms with Gasteiger partial charge in [-0.1, -0.05) is 0 Å². The fourth-order valence-electron chi connectivity index (χ4n) is 2.96. The molecular weight excluding hydrogens is 252 g/mol. The second kappa shape index (κ2) is 3.35. The van der Waals surface area contributed by atoms with Gasteiger partial charge in [0.25, 0.3) is 11.8 Å². The van der Waals surface area contributed by atoms with Gasteiger partial charge in [0.1, 0.15) is 5.69 Å². The molecular formula is C13H17F2N3O. The largest absolute Gasteiger partial charge is 0.354 e. The lowest BCUT2D eigenvalue weighted by atomic mass is 10.1. The van der Waals surface area contributed by atoms with Gasteiger partial charge in [0.05, 0.1) is 5.54 Å². The Kier molecular flexibility index (Phi) is 2.21. The van der Waals surface area contributed by atoms with Crippen molar-refractivity contribution in [1.29, 1.82) is 0 Å². The molecule has 1 amide bonds. The molecule has 0 saturated heterocycles. The van der Waals surface area contributed by atoms with Gasteiger partial charge in [-0.3, -0.25) is 9.48 Å². The third-order valence-electron chi connectivity index (χ3n) is 3.94. The molecule has 2 aliphatic carbocycles. The lowest BCUT2D eigenvalue weighted by Gasteiger charge is -2.25. The van der Waals surface area contributed by atoms with Crippen LogP contribution >= 0.6 is 0 Å². The number of aromatic nitrogens is 2. The zero-order chi connectivity index (χ0) is 14.2. The minimum Gasteiger partial charge on any atom is -0.354 e. The standard InChI is InChI=1S/C13H17F2N3O/c1-12(2,3)18-10-8(9(17-18)11(19)16-4)6-5-7(6)13(10,14)15/h6-7H,5H2,1-4H3,(H,16,19)/t6-,7+/m0/s1. The topological polar surface area (TPSA) is 46.9 Å². The lowest BCUT2D eigenvalue weighted by molar-refractivity contribution is -0.0342. The molecule has 1 aromatic rings. The fourth-order valence-corrected chi connectivity index (χ4v) is 2.96. The summed E-state index contributed by atoms with van der Waals surface area (Å²) in [5.41, 5.74) is -0.00227. The van der Waals surface area contributed by atoms with Crippen molar-refractivity contribution < 1.29 is 13.6 Å². The third-order valence-corrected chi connectivity index (χ3v) is 3.94. The van der Waals surface area contributed by atoms with E-state index < -0.39 is 17.4 Å². The summed E-state index contributed by atoms with van der Waals surface area (Å²) in [6.45, 7) is 5.44. The van der Waals surface area contributed by atoms with Crippen molar-refractivity contribution in [3.05, 3.63) is 17.0 Å². The Morgan fingerprint density at radius 2 is 2.11 bits per heavy atom. The zero-order valence-electron chi connectivity index (χ0n) is 11.4. The highest BCUT2D eigenvalue weighted by Crippen LogP contribution is 2.67. The number of hydrogen-bond donors (Lipinski definition) is 1. The number of nitrogens with one attached hydrogen (secondary N) is 1. The van der Waals surface area contributed by atoms with Crippen LogP contribution in [0.25, 0.3) is 0 Å². The van der Waals surface area contributed by atoms with Crippen molar-refractivity contribution in [1.82, 2.24) is 15.1 Å². The van der Waals surface area contributed by atoms with E-state index in [2.05, 4.69) is 10.4 Å². The first kappa shape index (κ1) is 12.6. The maximum atomic E-state index is 14.4. The van der Waals surface area contributed by atoms with Crippen LogP contribution in [0.1, 0.15) is 54.9 Å². The number of rotatable bonds is 1. The molecule has 1 saturated carbocycles. The minimum atomic E-state index is -2.87. The number of nitrogens with zero attached hydrogens (tertiary/aromatic N) is 2. The summed E-state index contributed by atoms with van der Waals surface area (Å²) in [6, 6.07) is 0. The second-order valence-corrected chi connectivity index (χ2v) is 6.34. The number of carbonyl (C=O) groups excluding carboxylic acids is 1. The molecule has 0 bridgehead atoms. The highest BCUT2D eigenvalue weighted by molar-refractivity contribution is 5.94. The normalized spacial score (nSPS) is 26.8. The summed E-state index contributed by atoms with van der Waals surface area (Å²) in [5, 5.41) is 6.65. The Morgan fingerprint density at radius 3 is 2.63 bits per heavy atom. The van der Waals surface area contributed by atoms with Crippen molar-refractivity contribution in [3.8, 4) is 0 Å². The molecule has 2 atom stereocenters. The Morgan fingerprint density at radius 1 is 1.47 bits per heavy atom. The quantitative estimate of drug-likeness (QED) is 0.849. The van der Waals surface area contributed by atoms with Gasteiger partial charge in [-0.15, -0.1) is 0 Å². The minimum absolute atomic E-state index is 0.0557. The predicted molar refractivity (Wildman–Crippen MR) is 65.4 cm³/mol. The highest BCUT2D eigenvalue weighted by Gasteiger charge is 2.67. The van der Waals surface area contributed by atoms with Gasteiger partial charge in [-0.05, 0) is 33.1 Å². The van der Waals surface area contributed by atoms with E-state index in [1.807, 2.05) is 20.8 Å². The number of amides is 1. The molecule has 0 aliphatic heterocycles. The Balaban J connectivity index is 2.26. The molecule has 1 N–H and O–H groups in total. The van der Waals surface area contributed by atoms with Gasteiger partial charge >= 0.3 is 0 Å². The molecule has 104 valence electrons. The first-order chi connectivity index (χ1) is 8.69. The maximum Gasteiger partial charge on any atom is 0.293 e. The van der Waals surface area contributed by atoms with Crippen molar-refractivity contribution in [2.24, 2.45) is 5.92 Å². The van der Waals surface area contributed by atoms with Crippen LogP contribution < -0.4 is 5.32 Å². The summed E-state index contributed by atoms with van der Waals surface area (Å²) in [7, 11) is 1.49. The molecule has 4 nitrogen and oxygen atoms in total. The number of fused-ring (bicyclic) bond motifs is 3. The van der Waals surface area contributed by atoms with Gasteiger partial charge in [-0.2, -0.15) is 13.9 Å². The van der Waals surface area contributed by atoms with Gasteiger partial charge in [0.2, 0.25) is 0 Å². The van der Waals surface area contributed by atoms with E-state index in [0.717, 1.165) is 0 Å². The van der Waals surface area contributed by atoms with Gasteiger partial charge < -0.3 is 5.32 Å². The average molecular weight is 269 g/mol. The van der Waals surface area contributed by atoms with E-state index in [4.69, 9.17) is 0 Å². The molecule has 19 heavy (non-hydrogen) atoms. The Bertz CT molecular complexity index is 571. The SMILES string of the molecule is CNC(=O)c1nn(C(C)(C)C)c2c1[C@H]1C[C@H]1C2(F)F. The second-order valence-electron chi connectivity index (χ2n) is 6.34. The fraction of sp³-hybridized carbons (Fsp3) is 0.692. The summed E-state index contributed by atoms with van der Waals surface area (Å²) in [6.07, 6.45) is 0.458. The Labute approximate surface area is 110 Å². The first-order valence-electron chi connectivity index (χ1n) is 6.43. The van der Waals surface area contributed by atoms with Gasteiger partial charge in [-0.25, -0.2) is 0 Å². The van der Waals surface area contributed by atoms with Crippen LogP contribution in [0.15, 0.2) is 0 Å². The third kappa shape index (κ3) is 1.48. The number of carbonyl (C=O) groups is 1. The molecule has 0 spiro atoms. The summed E-state index contributed by atoms with van der Waals surface area (Å²) >= 11 is 0. The van der Waals surface area contributed by atoms with Crippen molar-refractivity contribution in [2.45, 2.75) is 44.6 Å². The highest BCUT2D eigenvalue weighted by atomic mass is 19.3. The van der Waals surface area contributed by atoms with Crippen LogP contribution in [0.2, 0.25) is 0 Å². The van der Waals surface area contributed by atoms with Crippen LogP contribution in [-0.2, 0) is 11.5 Å². The van der Waals surface area contributed by atoms with E-state index in [0.29, 0.717) is 12.0 Å². The van der Waals surface area contributed by atoms with E-state index >= 15 is 0 Å². The van der Waals surface area contributed by atoms with Crippen molar-refractivity contribution in [3.63, 3.8) is 0 Å². The predicted octanol–water partition coefficient (Wildman–Crippen LogP) is 2.21. The van der Waals surface area contributed by atoms with Crippen LogP contribution in [0.5, 0.6) is 0 Å². The van der Waals surface area contributed by atoms with E-state index in [1.54, 1.807) is 0 Å². The maximum absolute atomic E-state index is 14.4. The van der Waals surface area contributed by atoms with Crippen LogP contribution in [0.4, 0.5) is 8.78 Å². The molecule has 0 aromatic carbocycles. The molecule has 0 unspecified atom stereocenters. The summed E-state index contributed by atoms with van der Waals surface area (Å²) < 4.78 is 30.0. The smallest absolute Gasteiger partial charge is 0.293 e. The van der Waals surface area contributed by atoms with Crippen LogP contribution in [0, 0.1) is 5.92 Å². The summed E-state index contributed by atoms with van der Waals surface area (Å²) in [5.74, 6) is -4.10. The lowest BCUT2D eigenvalue weighted by Crippen LogP contribution is -2.30. The van der Waals surface area contributed by atoms with Crippen LogP contribution in [0.3, 0.4) is 0 Å². The summed E-state index contributed by atoms with van der Waals surface area (Å²) in [4.78, 5) is 11.9. The molecule has 2 aliphatic rings. The molecule has 1 fully saturated rings. The van der Waals surface area contributed by atoms with Gasteiger partial charge in [0, 0.05) is 18.5 Å². The van der Waals surface area contributed by atoms with E-state index in [-0.39, 0.29) is 23.2 Å². The molecule has 0 radical (unpaired) electrons. The molecule has 3 rings (SSSR count). The van der Waals surface area contributed by atoms with Crippen LogP contribution in [-0.4, -0.2) is 22.7 Å². The average Bonchev–Trinajstić information content (AvgIpc) is 2.93. The van der Waals surface area contributed by atoms with Crippen molar-refractivity contribution >= 4 is 5.91 Å². The first-order valence-corrected chi connectivity index (χ1v) is 6.43. The number of halogens is 2. The molecule has 6 heteroatoms. The monoisotopic (exact) mass is 269 g/mol. The van der Waals surface area contributed by atoms with E-state index in [1.165, 1.54) is 11.7 Å². The molecule has 1 aromatic heterocycles. The Hall–Kier alpha value is -1.46. The van der Waals surface area contributed by atoms with Crippen molar-refractivity contribution in [2.75, 3.05) is 7.05 Å².